The Morgan fingerprint density at radius 2 is 2.07 bits per heavy atom. The fourth-order valence-corrected chi connectivity index (χ4v) is 3.26. The van der Waals surface area contributed by atoms with E-state index in [1.165, 1.54) is 6.07 Å². The quantitative estimate of drug-likeness (QED) is 0.715. The predicted molar refractivity (Wildman–Crippen MR) is 100 cm³/mol. The number of aromatic nitrogens is 2. The van der Waals surface area contributed by atoms with Gasteiger partial charge in [0.15, 0.2) is 5.69 Å². The summed E-state index contributed by atoms with van der Waals surface area (Å²) < 4.78 is 39.7. The van der Waals surface area contributed by atoms with Crippen molar-refractivity contribution in [3.05, 3.63) is 82.9 Å². The number of methoxy groups -OCH3 is 1. The Kier molecular flexibility index (Phi) is 5.26. The molecule has 4 rings (SSSR count). The molecule has 0 saturated heterocycles. The van der Waals surface area contributed by atoms with E-state index in [1.54, 1.807) is 13.4 Å². The molecule has 0 spiro atoms. The molecule has 1 amide bonds. The van der Waals surface area contributed by atoms with E-state index in [9.17, 15) is 13.6 Å². The van der Waals surface area contributed by atoms with E-state index in [0.717, 1.165) is 23.4 Å². The van der Waals surface area contributed by atoms with Gasteiger partial charge >= 0.3 is 0 Å². The van der Waals surface area contributed by atoms with Crippen LogP contribution in [0.1, 0.15) is 33.4 Å². The first-order valence-corrected chi connectivity index (χ1v) is 9.07. The Labute approximate surface area is 166 Å². The highest BCUT2D eigenvalue weighted by Gasteiger charge is 2.26. The first-order chi connectivity index (χ1) is 14.0. The predicted octanol–water partition coefficient (Wildman–Crippen LogP) is 3.37. The number of carbonyl (C=O) groups excluding carboxylic acids is 1. The number of amides is 1. The van der Waals surface area contributed by atoms with Crippen molar-refractivity contribution < 1.29 is 23.0 Å². The monoisotopic (exact) mass is 399 g/mol. The second-order valence-corrected chi connectivity index (χ2v) is 6.68. The van der Waals surface area contributed by atoms with Gasteiger partial charge in [0.05, 0.1) is 32.3 Å². The molecule has 3 aromatic rings. The number of fused-ring (bicyclic) bond motifs is 1. The topological polar surface area (TPSA) is 65.4 Å². The minimum absolute atomic E-state index is 0.0629. The molecule has 1 aliphatic rings. The van der Waals surface area contributed by atoms with Crippen LogP contribution in [0.4, 0.5) is 8.78 Å². The Hall–Kier alpha value is -3.26. The number of benzene rings is 2. The van der Waals surface area contributed by atoms with Gasteiger partial charge in [-0.25, -0.2) is 13.8 Å². The maximum absolute atomic E-state index is 13.7. The zero-order valence-corrected chi connectivity index (χ0v) is 15.7. The van der Waals surface area contributed by atoms with Crippen molar-refractivity contribution >= 4 is 5.91 Å². The van der Waals surface area contributed by atoms with Gasteiger partial charge in [0, 0.05) is 18.2 Å². The highest BCUT2D eigenvalue weighted by molar-refractivity contribution is 5.93. The first-order valence-electron chi connectivity index (χ1n) is 9.07. The number of imidazole rings is 1. The summed E-state index contributed by atoms with van der Waals surface area (Å²) in [5.74, 6) is -1.04. The summed E-state index contributed by atoms with van der Waals surface area (Å²) in [5.41, 5.74) is 2.10. The molecule has 0 unspecified atom stereocenters. The molecule has 6 nitrogen and oxygen atoms in total. The maximum atomic E-state index is 13.7. The third-order valence-corrected chi connectivity index (χ3v) is 4.89. The molecule has 0 bridgehead atoms. The normalized spacial score (nSPS) is 15.6. The highest BCUT2D eigenvalue weighted by atomic mass is 19.1. The van der Waals surface area contributed by atoms with Gasteiger partial charge in [-0.1, -0.05) is 18.2 Å². The highest BCUT2D eigenvalue weighted by Crippen LogP contribution is 2.28. The van der Waals surface area contributed by atoms with Crippen molar-refractivity contribution in [3.8, 4) is 5.75 Å². The van der Waals surface area contributed by atoms with Crippen LogP contribution in [0, 0.1) is 11.6 Å². The zero-order valence-electron chi connectivity index (χ0n) is 15.7. The van der Waals surface area contributed by atoms with Crippen LogP contribution in [-0.4, -0.2) is 22.6 Å². The number of rotatable bonds is 5. The van der Waals surface area contributed by atoms with Crippen molar-refractivity contribution in [1.29, 1.82) is 0 Å². The van der Waals surface area contributed by atoms with E-state index in [0.29, 0.717) is 12.2 Å². The smallest absolute Gasteiger partial charge is 0.272 e. The van der Waals surface area contributed by atoms with Gasteiger partial charge in [-0.2, -0.15) is 0 Å². The second kappa shape index (κ2) is 8.00. The lowest BCUT2D eigenvalue weighted by Crippen LogP contribution is -2.27. The Morgan fingerprint density at radius 1 is 1.28 bits per heavy atom. The molecule has 8 heteroatoms. The minimum Gasteiger partial charge on any atom is -0.497 e. The molecule has 150 valence electrons. The molecule has 1 N–H and O–H groups in total. The molecule has 2 aromatic carbocycles. The number of nitrogens with zero attached hydrogens (tertiary/aromatic N) is 2. The summed E-state index contributed by atoms with van der Waals surface area (Å²) in [6, 6.07) is 10.9. The number of nitrogens with one attached hydrogen (secondary N) is 1. The molecular formula is C21H19F2N3O3. The van der Waals surface area contributed by atoms with Crippen molar-refractivity contribution in [3.63, 3.8) is 0 Å². The van der Waals surface area contributed by atoms with E-state index in [-0.39, 0.29) is 30.5 Å². The second-order valence-electron chi connectivity index (χ2n) is 6.68. The lowest BCUT2D eigenvalue weighted by Gasteiger charge is -2.25. The van der Waals surface area contributed by atoms with Crippen LogP contribution in [0.3, 0.4) is 0 Å². The summed E-state index contributed by atoms with van der Waals surface area (Å²) in [5, 5.41) is 2.62. The Balaban J connectivity index is 1.43. The molecule has 2 heterocycles. The minimum atomic E-state index is -0.706. The molecule has 0 saturated carbocycles. The van der Waals surface area contributed by atoms with E-state index in [4.69, 9.17) is 9.47 Å². The number of hydrogen-bond acceptors (Lipinski definition) is 4. The van der Waals surface area contributed by atoms with E-state index in [2.05, 4.69) is 10.3 Å². The van der Waals surface area contributed by atoms with Crippen LogP contribution in [0.5, 0.6) is 5.75 Å². The molecule has 0 aliphatic carbocycles. The van der Waals surface area contributed by atoms with Gasteiger partial charge in [-0.3, -0.25) is 4.79 Å². The number of hydrogen-bond donors (Lipinski definition) is 1. The average molecular weight is 399 g/mol. The van der Waals surface area contributed by atoms with Crippen molar-refractivity contribution in [2.45, 2.75) is 25.8 Å². The largest absolute Gasteiger partial charge is 0.497 e. The van der Waals surface area contributed by atoms with Gasteiger partial charge in [0.1, 0.15) is 23.5 Å². The van der Waals surface area contributed by atoms with Crippen LogP contribution in [-0.2, 0) is 24.4 Å². The third-order valence-electron chi connectivity index (χ3n) is 4.89. The molecule has 0 radical (unpaired) electrons. The van der Waals surface area contributed by atoms with Gasteiger partial charge in [-0.15, -0.1) is 0 Å². The molecule has 1 atom stereocenters. The standard InChI is InChI=1S/C21H19F2N3O3/c1-28-16-6-3-13(4-7-16)19-10-26-12-25-20(18(26)11-29-19)21(27)24-9-14-2-5-15(22)8-17(14)23/h2-8,12,19H,9-11H2,1H3,(H,24,27)/t19-/m0/s1. The number of ether oxygens (including phenoxy) is 2. The lowest BCUT2D eigenvalue weighted by molar-refractivity contribution is 0.00255. The van der Waals surface area contributed by atoms with Gasteiger partial charge < -0.3 is 19.4 Å². The molecule has 29 heavy (non-hydrogen) atoms. The number of halogens is 2. The van der Waals surface area contributed by atoms with E-state index in [1.807, 2.05) is 28.8 Å². The maximum Gasteiger partial charge on any atom is 0.272 e. The van der Waals surface area contributed by atoms with Crippen molar-refractivity contribution in [2.24, 2.45) is 0 Å². The van der Waals surface area contributed by atoms with Crippen LogP contribution >= 0.6 is 0 Å². The summed E-state index contributed by atoms with van der Waals surface area (Å²) in [6.45, 7) is 0.686. The lowest BCUT2D eigenvalue weighted by atomic mass is 10.1. The van der Waals surface area contributed by atoms with Crippen LogP contribution < -0.4 is 10.1 Å². The molecular weight excluding hydrogens is 380 g/mol. The summed E-state index contributed by atoms with van der Waals surface area (Å²) in [7, 11) is 1.61. The van der Waals surface area contributed by atoms with Crippen LogP contribution in [0.25, 0.3) is 0 Å². The Morgan fingerprint density at radius 3 is 2.79 bits per heavy atom. The zero-order chi connectivity index (χ0) is 20.4. The van der Waals surface area contributed by atoms with Crippen molar-refractivity contribution in [1.82, 2.24) is 14.9 Å². The SMILES string of the molecule is COc1ccc([C@@H]2Cn3cnc(C(=O)NCc4ccc(F)cc4F)c3CO2)cc1. The molecule has 1 aromatic heterocycles. The summed E-state index contributed by atoms with van der Waals surface area (Å²) >= 11 is 0. The number of carbonyl (C=O) groups is 1. The summed E-state index contributed by atoms with van der Waals surface area (Å²) in [6.07, 6.45) is 1.44. The van der Waals surface area contributed by atoms with Gasteiger partial charge in [-0.05, 0) is 23.8 Å². The van der Waals surface area contributed by atoms with Crippen LogP contribution in [0.2, 0.25) is 0 Å². The van der Waals surface area contributed by atoms with Gasteiger partial charge in [0.25, 0.3) is 5.91 Å². The fraction of sp³-hybridized carbons (Fsp3) is 0.238. The van der Waals surface area contributed by atoms with E-state index >= 15 is 0 Å². The molecule has 0 fully saturated rings. The Bertz CT molecular complexity index is 1030. The summed E-state index contributed by atoms with van der Waals surface area (Å²) in [4.78, 5) is 16.7. The third kappa shape index (κ3) is 3.97. The van der Waals surface area contributed by atoms with Gasteiger partial charge in [0.2, 0.25) is 0 Å². The van der Waals surface area contributed by atoms with Crippen molar-refractivity contribution in [2.75, 3.05) is 7.11 Å². The first kappa shape index (κ1) is 19.1. The average Bonchev–Trinajstić information content (AvgIpc) is 3.16. The van der Waals surface area contributed by atoms with E-state index < -0.39 is 17.5 Å². The molecule has 1 aliphatic heterocycles. The fourth-order valence-electron chi connectivity index (χ4n) is 3.26. The van der Waals surface area contributed by atoms with Crippen LogP contribution in [0.15, 0.2) is 48.8 Å².